The minimum atomic E-state index is 0.553. The molecule has 0 aromatic heterocycles. The molecule has 2 N–H and O–H groups in total. The van der Waals surface area contributed by atoms with E-state index in [1.54, 1.807) is 0 Å². The maximum atomic E-state index is 5.83. The lowest BCUT2D eigenvalue weighted by Gasteiger charge is -2.10. The predicted octanol–water partition coefficient (Wildman–Crippen LogP) is 3.44. The van der Waals surface area contributed by atoms with Crippen LogP contribution >= 0.6 is 12.6 Å². The maximum Gasteiger partial charge on any atom is 0.121 e. The average Bonchev–Trinajstić information content (AvgIpc) is 2.34. The van der Waals surface area contributed by atoms with E-state index in [0.717, 1.165) is 21.8 Å². The molecule has 0 atom stereocenters. The zero-order valence-corrected chi connectivity index (χ0v) is 10.6. The number of anilines is 1. The first-order chi connectivity index (χ1) is 8.16. The van der Waals surface area contributed by atoms with Gasteiger partial charge in [0.2, 0.25) is 0 Å². The second-order valence-electron chi connectivity index (χ2n) is 3.95. The highest BCUT2D eigenvalue weighted by Gasteiger charge is 2.03. The monoisotopic (exact) mass is 245 g/mol. The van der Waals surface area contributed by atoms with Gasteiger partial charge in [0.05, 0.1) is 0 Å². The minimum Gasteiger partial charge on any atom is -0.489 e. The molecule has 2 aromatic carbocycles. The van der Waals surface area contributed by atoms with Crippen molar-refractivity contribution in [1.82, 2.24) is 0 Å². The Kier molecular flexibility index (Phi) is 3.59. The number of rotatable bonds is 3. The molecule has 0 spiro atoms. The van der Waals surface area contributed by atoms with E-state index in [1.165, 1.54) is 0 Å². The number of hydrogen-bond donors (Lipinski definition) is 2. The maximum absolute atomic E-state index is 5.83. The van der Waals surface area contributed by atoms with Gasteiger partial charge < -0.3 is 10.5 Å². The van der Waals surface area contributed by atoms with E-state index >= 15 is 0 Å². The van der Waals surface area contributed by atoms with Crippen LogP contribution in [0.4, 0.5) is 5.69 Å². The third-order valence-corrected chi connectivity index (χ3v) is 2.96. The summed E-state index contributed by atoms with van der Waals surface area (Å²) in [6.07, 6.45) is 0. The van der Waals surface area contributed by atoms with Crippen LogP contribution in [0.5, 0.6) is 5.75 Å². The molecule has 3 heteroatoms. The van der Waals surface area contributed by atoms with E-state index in [-0.39, 0.29) is 0 Å². The van der Waals surface area contributed by atoms with Gasteiger partial charge in [-0.05, 0) is 30.2 Å². The summed E-state index contributed by atoms with van der Waals surface area (Å²) in [5.74, 6) is 0.797. The van der Waals surface area contributed by atoms with Gasteiger partial charge in [0.1, 0.15) is 12.4 Å². The van der Waals surface area contributed by atoms with E-state index in [2.05, 4.69) is 12.6 Å². The molecule has 2 nitrogen and oxygen atoms in total. The van der Waals surface area contributed by atoms with Gasteiger partial charge in [-0.2, -0.15) is 0 Å². The fraction of sp³-hybridized carbons (Fsp3) is 0.143. The number of benzene rings is 2. The molecule has 0 aliphatic carbocycles. The molecule has 2 aromatic rings. The van der Waals surface area contributed by atoms with Crippen LogP contribution in [0.2, 0.25) is 0 Å². The Morgan fingerprint density at radius 3 is 2.53 bits per heavy atom. The van der Waals surface area contributed by atoms with Gasteiger partial charge in [0.15, 0.2) is 0 Å². The average molecular weight is 245 g/mol. The van der Waals surface area contributed by atoms with Gasteiger partial charge in [0, 0.05) is 10.6 Å². The third kappa shape index (κ3) is 2.94. The number of thiol groups is 1. The summed E-state index contributed by atoms with van der Waals surface area (Å²) in [5.41, 5.74) is 8.66. The highest BCUT2D eigenvalue weighted by atomic mass is 32.1. The summed E-state index contributed by atoms with van der Waals surface area (Å²) >= 11 is 4.31. The van der Waals surface area contributed by atoms with Crippen molar-refractivity contribution in [3.05, 3.63) is 53.6 Å². The summed E-state index contributed by atoms with van der Waals surface area (Å²) in [4.78, 5) is 0.757. The van der Waals surface area contributed by atoms with Crippen LogP contribution in [0.15, 0.2) is 47.4 Å². The van der Waals surface area contributed by atoms with Gasteiger partial charge in [-0.25, -0.2) is 0 Å². The van der Waals surface area contributed by atoms with Crippen LogP contribution in [-0.4, -0.2) is 0 Å². The van der Waals surface area contributed by atoms with Crippen molar-refractivity contribution < 1.29 is 4.74 Å². The topological polar surface area (TPSA) is 35.2 Å². The quantitative estimate of drug-likeness (QED) is 0.641. The lowest BCUT2D eigenvalue weighted by atomic mass is 10.2. The Morgan fingerprint density at radius 2 is 1.88 bits per heavy atom. The predicted molar refractivity (Wildman–Crippen MR) is 73.6 cm³/mol. The zero-order valence-electron chi connectivity index (χ0n) is 9.68. The third-order valence-electron chi connectivity index (χ3n) is 2.59. The molecular weight excluding hydrogens is 230 g/mol. The Hall–Kier alpha value is -1.61. The molecule has 0 bridgehead atoms. The van der Waals surface area contributed by atoms with Crippen LogP contribution in [0.1, 0.15) is 11.1 Å². The Bertz CT molecular complexity index is 488. The van der Waals surface area contributed by atoms with Crippen molar-refractivity contribution in [2.24, 2.45) is 0 Å². The van der Waals surface area contributed by atoms with Crippen LogP contribution in [0.25, 0.3) is 0 Å². The molecule has 0 unspecified atom stereocenters. The van der Waals surface area contributed by atoms with E-state index in [0.29, 0.717) is 12.3 Å². The Labute approximate surface area is 107 Å². The lowest BCUT2D eigenvalue weighted by Crippen LogP contribution is -1.97. The number of ether oxygens (including phenoxy) is 1. The molecule has 0 aliphatic heterocycles. The normalized spacial score (nSPS) is 10.2. The molecule has 0 fully saturated rings. The molecule has 0 radical (unpaired) electrons. The molecule has 0 saturated heterocycles. The van der Waals surface area contributed by atoms with Gasteiger partial charge in [-0.1, -0.05) is 30.3 Å². The number of nitrogens with two attached hydrogens (primary N) is 1. The second kappa shape index (κ2) is 5.15. The zero-order chi connectivity index (χ0) is 12.3. The van der Waals surface area contributed by atoms with E-state index in [4.69, 9.17) is 10.5 Å². The van der Waals surface area contributed by atoms with Crippen molar-refractivity contribution in [2.75, 3.05) is 5.73 Å². The van der Waals surface area contributed by atoms with Gasteiger partial charge in [0.25, 0.3) is 0 Å². The Balaban J connectivity index is 2.10. The number of aryl methyl sites for hydroxylation is 1. The SMILES string of the molecule is Cc1cc(OCc2ccccc2)cc(S)c1N. The molecule has 0 saturated carbocycles. The Morgan fingerprint density at radius 1 is 1.18 bits per heavy atom. The molecule has 0 amide bonds. The van der Waals surface area contributed by atoms with E-state index in [1.807, 2.05) is 49.4 Å². The van der Waals surface area contributed by atoms with E-state index < -0.39 is 0 Å². The van der Waals surface area contributed by atoms with Crippen molar-refractivity contribution in [3.63, 3.8) is 0 Å². The molecule has 88 valence electrons. The van der Waals surface area contributed by atoms with E-state index in [9.17, 15) is 0 Å². The first-order valence-corrected chi connectivity index (χ1v) is 5.87. The standard InChI is InChI=1S/C14H15NOS/c1-10-7-12(8-13(17)14(10)15)16-9-11-5-3-2-4-6-11/h2-8,17H,9,15H2,1H3. The van der Waals surface area contributed by atoms with Crippen LogP contribution in [-0.2, 0) is 6.61 Å². The molecule has 0 heterocycles. The lowest BCUT2D eigenvalue weighted by molar-refractivity contribution is 0.305. The number of hydrogen-bond acceptors (Lipinski definition) is 3. The first-order valence-electron chi connectivity index (χ1n) is 5.42. The summed E-state index contributed by atoms with van der Waals surface area (Å²) in [7, 11) is 0. The molecular formula is C14H15NOS. The van der Waals surface area contributed by atoms with Crippen LogP contribution in [0, 0.1) is 6.92 Å². The largest absolute Gasteiger partial charge is 0.489 e. The molecule has 17 heavy (non-hydrogen) atoms. The number of nitrogen functional groups attached to an aromatic ring is 1. The van der Waals surface area contributed by atoms with Crippen molar-refractivity contribution in [3.8, 4) is 5.75 Å². The summed E-state index contributed by atoms with van der Waals surface area (Å²) in [6, 6.07) is 13.8. The molecule has 2 rings (SSSR count). The van der Waals surface area contributed by atoms with Crippen molar-refractivity contribution >= 4 is 18.3 Å². The van der Waals surface area contributed by atoms with Crippen molar-refractivity contribution in [1.29, 1.82) is 0 Å². The fourth-order valence-corrected chi connectivity index (χ4v) is 1.88. The summed E-state index contributed by atoms with van der Waals surface area (Å²) < 4.78 is 5.70. The second-order valence-corrected chi connectivity index (χ2v) is 4.43. The minimum absolute atomic E-state index is 0.553. The van der Waals surface area contributed by atoms with Gasteiger partial charge in [-0.15, -0.1) is 12.6 Å². The van der Waals surface area contributed by atoms with Crippen molar-refractivity contribution in [2.45, 2.75) is 18.4 Å². The van der Waals surface area contributed by atoms with Crippen LogP contribution < -0.4 is 10.5 Å². The highest BCUT2D eigenvalue weighted by Crippen LogP contribution is 2.27. The highest BCUT2D eigenvalue weighted by molar-refractivity contribution is 7.80. The molecule has 0 aliphatic rings. The van der Waals surface area contributed by atoms with Gasteiger partial charge in [-0.3, -0.25) is 0 Å². The fourth-order valence-electron chi connectivity index (χ4n) is 1.57. The summed E-state index contributed by atoms with van der Waals surface area (Å²) in [6.45, 7) is 2.50. The first kappa shape index (κ1) is 11.9. The smallest absolute Gasteiger partial charge is 0.121 e. The van der Waals surface area contributed by atoms with Crippen LogP contribution in [0.3, 0.4) is 0 Å². The van der Waals surface area contributed by atoms with Gasteiger partial charge >= 0.3 is 0 Å². The summed E-state index contributed by atoms with van der Waals surface area (Å²) in [5, 5.41) is 0.